The van der Waals surface area contributed by atoms with E-state index in [9.17, 15) is 23.2 Å². The first-order valence-corrected chi connectivity index (χ1v) is 38.5. The highest BCUT2D eigenvalue weighted by Gasteiger charge is 2.31. The van der Waals surface area contributed by atoms with Crippen molar-refractivity contribution in [2.75, 3.05) is 6.61 Å². The molecule has 1 saturated heterocycles. The van der Waals surface area contributed by atoms with Crippen LogP contribution in [-0.2, 0) is 71.6 Å². The van der Waals surface area contributed by atoms with Gasteiger partial charge in [0.05, 0.1) is 35.6 Å². The van der Waals surface area contributed by atoms with Gasteiger partial charge < -0.3 is 44.2 Å². The molecule has 0 spiro atoms. The van der Waals surface area contributed by atoms with Gasteiger partial charge >= 0.3 is 6.61 Å². The lowest BCUT2D eigenvalue weighted by molar-refractivity contribution is -0.152. The highest BCUT2D eigenvalue weighted by Crippen LogP contribution is 2.39. The van der Waals surface area contributed by atoms with Crippen molar-refractivity contribution in [2.45, 2.75) is 165 Å². The van der Waals surface area contributed by atoms with Gasteiger partial charge in [-0.1, -0.05) is 94.6 Å². The maximum atomic E-state index is 13.8. The first-order chi connectivity index (χ1) is 54.8. The van der Waals surface area contributed by atoms with Crippen molar-refractivity contribution in [1.82, 2.24) is 80.4 Å². The zero-order valence-corrected chi connectivity index (χ0v) is 66.8. The number of fused-ring (bicyclic) bond motifs is 3. The van der Waals surface area contributed by atoms with E-state index in [1.165, 1.54) is 18.7 Å². The molecule has 7 aromatic heterocycles. The van der Waals surface area contributed by atoms with E-state index >= 15 is 0 Å². The molecule has 1 fully saturated rings. The van der Waals surface area contributed by atoms with Crippen LogP contribution in [-0.4, -0.2) is 108 Å². The number of benzene rings is 6. The average Bonchev–Trinajstić information content (AvgIpc) is 1.52. The molecule has 30 heteroatoms. The fourth-order valence-corrected chi connectivity index (χ4v) is 15.6. The van der Waals surface area contributed by atoms with E-state index in [2.05, 4.69) is 42.0 Å². The van der Waals surface area contributed by atoms with Gasteiger partial charge in [-0.05, 0) is 183 Å². The highest BCUT2D eigenvalue weighted by molar-refractivity contribution is 6.32. The maximum absolute atomic E-state index is 13.8. The van der Waals surface area contributed by atoms with Crippen LogP contribution in [0, 0.1) is 41.5 Å². The largest absolute Gasteiger partial charge is 0.487 e. The smallest absolute Gasteiger partial charge is 0.345 e. The normalized spacial score (nSPS) is 14.4. The van der Waals surface area contributed by atoms with Gasteiger partial charge in [-0.3, -0.25) is 14.4 Å². The number of rotatable bonds is 29. The Morgan fingerprint density at radius 1 is 0.579 bits per heavy atom. The van der Waals surface area contributed by atoms with E-state index in [0.29, 0.717) is 155 Å². The van der Waals surface area contributed by atoms with Gasteiger partial charge in [0.25, 0.3) is 5.91 Å². The molecule has 6 aromatic carbocycles. The molecule has 25 nitrogen and oxygen atoms in total. The molecule has 13 aromatic rings. The minimum absolute atomic E-state index is 0.0219. The van der Waals surface area contributed by atoms with Crippen molar-refractivity contribution in [2.24, 2.45) is 7.05 Å². The predicted molar refractivity (Wildman–Crippen MR) is 427 cm³/mol. The first-order valence-electron chi connectivity index (χ1n) is 37.3. The number of halogens is 5. The molecule has 3 amide bonds. The Morgan fingerprint density at radius 3 is 1.56 bits per heavy atom. The molecule has 588 valence electrons. The summed E-state index contributed by atoms with van der Waals surface area (Å²) in [5.74, 6) is 3.15. The number of hydrogen-bond donors (Lipinski definition) is 3. The van der Waals surface area contributed by atoms with Gasteiger partial charge in [-0.25, -0.2) is 43.9 Å². The van der Waals surface area contributed by atoms with Crippen molar-refractivity contribution in [3.8, 4) is 40.0 Å². The summed E-state index contributed by atoms with van der Waals surface area (Å²) in [7, 11) is 1.84. The zero-order valence-electron chi connectivity index (χ0n) is 64.5. The van der Waals surface area contributed by atoms with Crippen LogP contribution in [0.5, 0.6) is 17.2 Å². The summed E-state index contributed by atoms with van der Waals surface area (Å²) in [6, 6.07) is 34.2. The van der Waals surface area contributed by atoms with Crippen LogP contribution < -0.4 is 30.2 Å². The molecule has 1 aliphatic heterocycles. The molecule has 0 bridgehead atoms. The van der Waals surface area contributed by atoms with E-state index in [4.69, 9.17) is 93.4 Å². The molecule has 0 unspecified atom stereocenters. The van der Waals surface area contributed by atoms with E-state index in [-0.39, 0.29) is 37.5 Å². The number of amides is 3. The molecule has 3 N–H and O–H groups in total. The molecule has 8 heterocycles. The molecule has 0 radical (unpaired) electrons. The number of hydrogen-bond acceptors (Lipinski definition) is 19. The topological polar surface area (TPSA) is 290 Å². The Balaban J connectivity index is 0.688. The number of alkyl halides is 2. The van der Waals surface area contributed by atoms with Crippen LogP contribution in [0.3, 0.4) is 0 Å². The van der Waals surface area contributed by atoms with Gasteiger partial charge in [0.15, 0.2) is 23.2 Å². The summed E-state index contributed by atoms with van der Waals surface area (Å²) < 4.78 is 67.0. The highest BCUT2D eigenvalue weighted by atomic mass is 35.5. The summed E-state index contributed by atoms with van der Waals surface area (Å²) in [5, 5.41) is 30.8. The van der Waals surface area contributed by atoms with E-state index in [0.717, 1.165) is 62.0 Å². The number of nitrogens with zero attached hydrogens (tertiary/aromatic N) is 13. The van der Waals surface area contributed by atoms with Crippen molar-refractivity contribution in [1.29, 1.82) is 0 Å². The lowest BCUT2D eigenvalue weighted by atomic mass is 9.96. The summed E-state index contributed by atoms with van der Waals surface area (Å²) in [4.78, 5) is 69.2. The number of ether oxygens (including phenoxy) is 5. The quantitative estimate of drug-likeness (QED) is 0.0392. The van der Waals surface area contributed by atoms with Crippen molar-refractivity contribution in [3.63, 3.8) is 0 Å². The van der Waals surface area contributed by atoms with Crippen molar-refractivity contribution >= 4 is 85.2 Å². The van der Waals surface area contributed by atoms with Crippen LogP contribution in [0.1, 0.15) is 160 Å². The number of carbonyl (C=O) groups is 3. The predicted octanol–water partition coefficient (Wildman–Crippen LogP) is 16.0. The lowest BCUT2D eigenvalue weighted by Crippen LogP contribution is -2.36. The van der Waals surface area contributed by atoms with Gasteiger partial charge in [0, 0.05) is 96.5 Å². The van der Waals surface area contributed by atoms with Crippen molar-refractivity contribution < 1.29 is 51.4 Å². The van der Waals surface area contributed by atoms with E-state index < -0.39 is 49.3 Å². The van der Waals surface area contributed by atoms with Crippen LogP contribution >= 0.6 is 34.8 Å². The molecule has 0 saturated carbocycles. The number of carbonyl (C=O) groups excluding carboxylic acids is 3. The Labute approximate surface area is 670 Å². The monoisotopic (exact) mass is 1600 g/mol. The van der Waals surface area contributed by atoms with Crippen LogP contribution in [0.2, 0.25) is 15.1 Å². The molecule has 114 heavy (non-hydrogen) atoms. The molecular weight excluding hydrogens is 1520 g/mol. The standard InChI is InChI=1S/C84H83Cl3F2N16O9/c1-43-29-58(49(7)96-82(107)68-27-28-113-102-68)62(65(85)30-43)38-110-72-19-13-16-56-69(32-45(3)93-79(56)72)104-51(9)98-75(100-104)25-22-53-34-59(48(6)95-77(106)41-112-84(88)89)63(66(86)36-53)39-111-73-20-14-17-57-70(33-46(4)94-80(57)73)105-52(10)99-76(101-105)26-23-54-35-60(50(8)97-83(108)74-24-21-47(5)114-74)64(67(87)37-54)40-109-71-18-12-15-55-61(31-44(2)92-78(55)71)81-90-42-91-103(81)11/h12-20,27-37,42,47-50,74,84H,21-26,38-41H2,1-11H3,(H,95,106)(H,96,107)(H,97,108)/t47-,48-,49-,50-,74-/m0/s1. The van der Waals surface area contributed by atoms with Crippen LogP contribution in [0.25, 0.3) is 55.5 Å². The third-order valence-corrected chi connectivity index (χ3v) is 21.2. The van der Waals surface area contributed by atoms with E-state index in [1.807, 2.05) is 172 Å². The van der Waals surface area contributed by atoms with Gasteiger partial charge in [0.1, 0.15) is 90.6 Å². The number of aromatic nitrogens is 13. The minimum Gasteiger partial charge on any atom is -0.487 e. The average molecular weight is 1610 g/mol. The second kappa shape index (κ2) is 34.1. The Kier molecular flexibility index (Phi) is 23.7. The van der Waals surface area contributed by atoms with Gasteiger partial charge in [0.2, 0.25) is 11.8 Å². The summed E-state index contributed by atoms with van der Waals surface area (Å²) in [6.45, 7) is 14.9. The number of aryl methyl sites for hydroxylation is 11. The molecular formula is C84H83Cl3F2N16O9. The Morgan fingerprint density at radius 2 is 1.07 bits per heavy atom. The first kappa shape index (κ1) is 79.3. The number of para-hydroxylation sites is 3. The SMILES string of the molecule is Cc1cc(Cl)c(COc2cccc3c(-n4nc(CCc5cc(Cl)c(COc6cccc7c(-n8nc(CCc9cc(Cl)c(COc%10cccc%11c(-c%12ncnn%12C)cc(C)nc%10%11)c([C@H](C)NC(=O)[C@@H]%10CC[C@H](C)O%10)c9)nc8C)cc(C)nc67)c([C@H](C)NC(=O)COC(F)F)c5)nc4C)cc(C)nc23)c([C@H](C)NC(=O)c2ccon2)c1. The third-order valence-electron chi connectivity index (χ3n) is 20.1. The third kappa shape index (κ3) is 17.5. The Bertz CT molecular complexity index is 5820. The minimum atomic E-state index is -3.15. The van der Waals surface area contributed by atoms with Crippen molar-refractivity contribution in [3.05, 3.63) is 239 Å². The fraction of sp³-hybridized carbons (Fsp3) is 0.321. The molecule has 5 atom stereocenters. The lowest BCUT2D eigenvalue weighted by Gasteiger charge is -2.22. The zero-order chi connectivity index (χ0) is 80.3. The second-order valence-electron chi connectivity index (χ2n) is 28.7. The van der Waals surface area contributed by atoms with Crippen LogP contribution in [0.15, 0.2) is 132 Å². The van der Waals surface area contributed by atoms with Gasteiger partial charge in [-0.2, -0.15) is 24.1 Å². The van der Waals surface area contributed by atoms with Gasteiger partial charge in [-0.15, -0.1) is 0 Å². The molecule has 14 rings (SSSR count). The summed E-state index contributed by atoms with van der Waals surface area (Å²) in [6.07, 6.45) is 5.36. The number of pyridine rings is 3. The Hall–Kier alpha value is -11.4. The number of nitrogens with one attached hydrogen (secondary N) is 3. The summed E-state index contributed by atoms with van der Waals surface area (Å²) >= 11 is 21.5. The second-order valence-corrected chi connectivity index (χ2v) is 29.9. The summed E-state index contributed by atoms with van der Waals surface area (Å²) in [5.41, 5.74) is 13.0. The molecule has 1 aliphatic rings. The van der Waals surface area contributed by atoms with Crippen LogP contribution in [0.4, 0.5) is 8.78 Å². The maximum Gasteiger partial charge on any atom is 0.345 e. The van der Waals surface area contributed by atoms with E-state index in [1.54, 1.807) is 21.0 Å². The fourth-order valence-electron chi connectivity index (χ4n) is 14.6. The molecule has 0 aliphatic carbocycles.